The standard InChI is InChI=1S/C14H9Br3F2O/c1-20-13-6-12(19)10(16)5-9(13)14(17)8-4-7(15)2-3-11(8)18/h2-6,14H,1H3. The molecule has 0 aliphatic carbocycles. The Hall–Kier alpha value is -0.460. The van der Waals surface area contributed by atoms with Crippen LogP contribution in [0.1, 0.15) is 16.0 Å². The van der Waals surface area contributed by atoms with Gasteiger partial charge in [0.1, 0.15) is 17.4 Å². The molecule has 106 valence electrons. The molecular weight excluding hydrogens is 462 g/mol. The highest BCUT2D eigenvalue weighted by atomic mass is 79.9. The van der Waals surface area contributed by atoms with Gasteiger partial charge in [0.2, 0.25) is 0 Å². The lowest BCUT2D eigenvalue weighted by Crippen LogP contribution is -2.01. The Balaban J connectivity index is 2.55. The number of hydrogen-bond acceptors (Lipinski definition) is 1. The first-order chi connectivity index (χ1) is 9.43. The van der Waals surface area contributed by atoms with Crippen LogP contribution >= 0.6 is 47.8 Å². The van der Waals surface area contributed by atoms with Gasteiger partial charge < -0.3 is 4.74 Å². The van der Waals surface area contributed by atoms with Crippen molar-refractivity contribution in [1.29, 1.82) is 0 Å². The van der Waals surface area contributed by atoms with Gasteiger partial charge in [-0.15, -0.1) is 0 Å². The highest BCUT2D eigenvalue weighted by molar-refractivity contribution is 9.11. The van der Waals surface area contributed by atoms with Crippen LogP contribution in [-0.4, -0.2) is 7.11 Å². The highest BCUT2D eigenvalue weighted by Crippen LogP contribution is 2.40. The quantitative estimate of drug-likeness (QED) is 0.501. The van der Waals surface area contributed by atoms with E-state index in [0.717, 1.165) is 4.47 Å². The zero-order valence-corrected chi connectivity index (χ0v) is 15.0. The van der Waals surface area contributed by atoms with Gasteiger partial charge >= 0.3 is 0 Å². The van der Waals surface area contributed by atoms with E-state index in [1.165, 1.54) is 19.2 Å². The van der Waals surface area contributed by atoms with Crippen molar-refractivity contribution in [2.75, 3.05) is 7.11 Å². The van der Waals surface area contributed by atoms with E-state index in [-0.39, 0.29) is 5.82 Å². The van der Waals surface area contributed by atoms with Gasteiger partial charge in [0.15, 0.2) is 0 Å². The van der Waals surface area contributed by atoms with Gasteiger partial charge in [-0.2, -0.15) is 0 Å². The predicted molar refractivity (Wildman–Crippen MR) is 85.5 cm³/mol. The summed E-state index contributed by atoms with van der Waals surface area (Å²) in [4.78, 5) is -0.452. The van der Waals surface area contributed by atoms with Gasteiger partial charge in [0, 0.05) is 21.7 Å². The van der Waals surface area contributed by atoms with Crippen molar-refractivity contribution in [2.24, 2.45) is 0 Å². The Labute approximate surface area is 140 Å². The van der Waals surface area contributed by atoms with Crippen molar-refractivity contribution in [1.82, 2.24) is 0 Å². The fourth-order valence-corrected chi connectivity index (χ4v) is 3.24. The Morgan fingerprint density at radius 3 is 2.35 bits per heavy atom. The molecule has 0 saturated carbocycles. The molecule has 1 unspecified atom stereocenters. The van der Waals surface area contributed by atoms with Gasteiger partial charge in [0.05, 0.1) is 16.4 Å². The van der Waals surface area contributed by atoms with Crippen LogP contribution in [0.15, 0.2) is 39.3 Å². The number of alkyl halides is 1. The molecule has 6 heteroatoms. The predicted octanol–water partition coefficient (Wildman–Crippen LogP) is 5.98. The number of benzene rings is 2. The fourth-order valence-electron chi connectivity index (χ4n) is 1.80. The Kier molecular flexibility index (Phi) is 5.20. The average molecular weight is 471 g/mol. The van der Waals surface area contributed by atoms with E-state index in [1.807, 2.05) is 0 Å². The molecule has 0 aliphatic heterocycles. The molecule has 0 N–H and O–H groups in total. The molecule has 0 amide bonds. The number of ether oxygens (including phenoxy) is 1. The van der Waals surface area contributed by atoms with Crippen molar-refractivity contribution in [3.05, 3.63) is 62.0 Å². The maximum atomic E-state index is 13.9. The second-order valence-corrected chi connectivity index (χ2v) is 6.72. The normalized spacial score (nSPS) is 12.3. The molecule has 0 aliphatic rings. The third-order valence-electron chi connectivity index (χ3n) is 2.78. The van der Waals surface area contributed by atoms with E-state index in [2.05, 4.69) is 47.8 Å². The summed E-state index contributed by atoms with van der Waals surface area (Å²) in [5.74, 6) is -0.426. The topological polar surface area (TPSA) is 9.23 Å². The second-order valence-electron chi connectivity index (χ2n) is 4.04. The smallest absolute Gasteiger partial charge is 0.141 e. The summed E-state index contributed by atoms with van der Waals surface area (Å²) >= 11 is 9.89. The van der Waals surface area contributed by atoms with Crippen LogP contribution in [0.4, 0.5) is 8.78 Å². The lowest BCUT2D eigenvalue weighted by Gasteiger charge is -2.16. The number of rotatable bonds is 3. The Bertz CT molecular complexity index is 647. The summed E-state index contributed by atoms with van der Waals surface area (Å²) in [7, 11) is 1.45. The Morgan fingerprint density at radius 2 is 1.70 bits per heavy atom. The average Bonchev–Trinajstić information content (AvgIpc) is 2.43. The van der Waals surface area contributed by atoms with Crippen LogP contribution in [0.25, 0.3) is 0 Å². The molecule has 0 spiro atoms. The van der Waals surface area contributed by atoms with E-state index in [1.54, 1.807) is 18.2 Å². The molecule has 2 aromatic rings. The summed E-state index contributed by atoms with van der Waals surface area (Å²) in [6.45, 7) is 0. The minimum Gasteiger partial charge on any atom is -0.496 e. The highest BCUT2D eigenvalue weighted by Gasteiger charge is 2.21. The lowest BCUT2D eigenvalue weighted by molar-refractivity contribution is 0.406. The first-order valence-electron chi connectivity index (χ1n) is 5.56. The summed E-state index contributed by atoms with van der Waals surface area (Å²) in [5, 5.41) is 0. The van der Waals surface area contributed by atoms with E-state index >= 15 is 0 Å². The molecule has 0 radical (unpaired) electrons. The lowest BCUT2D eigenvalue weighted by atomic mass is 10.0. The van der Waals surface area contributed by atoms with Gasteiger partial charge in [-0.1, -0.05) is 31.9 Å². The summed E-state index contributed by atoms with van der Waals surface area (Å²) in [6, 6.07) is 7.51. The molecular formula is C14H9Br3F2O. The van der Waals surface area contributed by atoms with E-state index < -0.39 is 10.6 Å². The summed E-state index contributed by atoms with van der Waals surface area (Å²) in [6.07, 6.45) is 0. The van der Waals surface area contributed by atoms with Crippen LogP contribution < -0.4 is 4.74 Å². The maximum absolute atomic E-state index is 13.9. The van der Waals surface area contributed by atoms with Gasteiger partial charge in [-0.25, -0.2) is 8.78 Å². The molecule has 0 bridgehead atoms. The van der Waals surface area contributed by atoms with Crippen molar-refractivity contribution >= 4 is 47.8 Å². The SMILES string of the molecule is COc1cc(F)c(Br)cc1C(Br)c1cc(Br)ccc1F. The van der Waals surface area contributed by atoms with E-state index in [4.69, 9.17) is 4.74 Å². The molecule has 20 heavy (non-hydrogen) atoms. The zero-order chi connectivity index (χ0) is 14.9. The molecule has 2 rings (SSSR count). The minimum atomic E-state index is -0.452. The van der Waals surface area contributed by atoms with Crippen LogP contribution in [0.3, 0.4) is 0 Å². The summed E-state index contributed by atoms with van der Waals surface area (Å²) in [5.41, 5.74) is 1.08. The monoisotopic (exact) mass is 468 g/mol. The molecule has 0 heterocycles. The maximum Gasteiger partial charge on any atom is 0.141 e. The zero-order valence-electron chi connectivity index (χ0n) is 10.3. The first-order valence-corrected chi connectivity index (χ1v) is 8.06. The van der Waals surface area contributed by atoms with Crippen LogP contribution in [0.2, 0.25) is 0 Å². The first kappa shape index (κ1) is 15.9. The van der Waals surface area contributed by atoms with Crippen LogP contribution in [0.5, 0.6) is 5.75 Å². The number of hydrogen-bond donors (Lipinski definition) is 0. The molecule has 1 atom stereocenters. The van der Waals surface area contributed by atoms with Gasteiger partial charge in [-0.3, -0.25) is 0 Å². The van der Waals surface area contributed by atoms with Gasteiger partial charge in [-0.05, 0) is 40.2 Å². The van der Waals surface area contributed by atoms with Crippen LogP contribution in [-0.2, 0) is 0 Å². The molecule has 0 aromatic heterocycles. The molecule has 2 aromatic carbocycles. The third kappa shape index (κ3) is 3.23. The molecule has 0 saturated heterocycles. The van der Waals surface area contributed by atoms with Crippen molar-refractivity contribution in [3.8, 4) is 5.75 Å². The molecule has 1 nitrogen and oxygen atoms in total. The van der Waals surface area contributed by atoms with Crippen molar-refractivity contribution in [3.63, 3.8) is 0 Å². The van der Waals surface area contributed by atoms with Crippen LogP contribution in [0, 0.1) is 11.6 Å². The minimum absolute atomic E-state index is 0.299. The largest absolute Gasteiger partial charge is 0.496 e. The van der Waals surface area contributed by atoms with E-state index in [0.29, 0.717) is 21.3 Å². The third-order valence-corrected chi connectivity index (χ3v) is 4.86. The summed E-state index contributed by atoms with van der Waals surface area (Å²) < 4.78 is 33.7. The molecule has 0 fully saturated rings. The van der Waals surface area contributed by atoms with E-state index in [9.17, 15) is 8.78 Å². The van der Waals surface area contributed by atoms with Gasteiger partial charge in [0.25, 0.3) is 0 Å². The van der Waals surface area contributed by atoms with Crippen molar-refractivity contribution in [2.45, 2.75) is 4.83 Å². The Morgan fingerprint density at radius 1 is 1.00 bits per heavy atom. The van der Waals surface area contributed by atoms with Crippen molar-refractivity contribution < 1.29 is 13.5 Å². The number of halogens is 5. The fraction of sp³-hybridized carbons (Fsp3) is 0.143. The number of methoxy groups -OCH3 is 1. The second kappa shape index (κ2) is 6.54.